The molecule has 0 N–H and O–H groups in total. The fourth-order valence-corrected chi connectivity index (χ4v) is 2.76. The van der Waals surface area contributed by atoms with Crippen molar-refractivity contribution in [1.82, 2.24) is 9.97 Å². The van der Waals surface area contributed by atoms with Crippen molar-refractivity contribution in [3.05, 3.63) is 16.0 Å². The van der Waals surface area contributed by atoms with Crippen molar-refractivity contribution in [2.75, 3.05) is 18.0 Å². The molecule has 2 rings (SSSR count). The van der Waals surface area contributed by atoms with Crippen molar-refractivity contribution >= 4 is 33.3 Å². The molecule has 3 nitrogen and oxygen atoms in total. The standard InChI is InChI=1S/C12H17BrClN3/c1-12(2)4-3-6-17(7-5-12)10-9(13)8-15-11(14)16-10/h8H,3-7H2,1-2H3. The highest BCUT2D eigenvalue weighted by atomic mass is 79.9. The van der Waals surface area contributed by atoms with E-state index in [9.17, 15) is 0 Å². The van der Waals surface area contributed by atoms with Gasteiger partial charge in [0, 0.05) is 19.3 Å². The molecule has 0 bridgehead atoms. The van der Waals surface area contributed by atoms with Crippen LogP contribution >= 0.6 is 27.5 Å². The fraction of sp³-hybridized carbons (Fsp3) is 0.667. The van der Waals surface area contributed by atoms with E-state index in [1.807, 2.05) is 0 Å². The number of hydrogen-bond donors (Lipinski definition) is 0. The molecule has 5 heteroatoms. The summed E-state index contributed by atoms with van der Waals surface area (Å²) in [4.78, 5) is 10.6. The van der Waals surface area contributed by atoms with Gasteiger partial charge in [0.2, 0.25) is 5.28 Å². The van der Waals surface area contributed by atoms with E-state index in [-0.39, 0.29) is 0 Å². The van der Waals surface area contributed by atoms with Crippen molar-refractivity contribution < 1.29 is 0 Å². The van der Waals surface area contributed by atoms with Crippen LogP contribution in [0.1, 0.15) is 33.1 Å². The molecule has 0 amide bonds. The zero-order chi connectivity index (χ0) is 12.5. The maximum Gasteiger partial charge on any atom is 0.224 e. The second kappa shape index (κ2) is 5.11. The van der Waals surface area contributed by atoms with Crippen molar-refractivity contribution in [2.45, 2.75) is 33.1 Å². The van der Waals surface area contributed by atoms with Gasteiger partial charge in [0.15, 0.2) is 0 Å². The minimum absolute atomic E-state index is 0.312. The molecule has 0 saturated carbocycles. The van der Waals surface area contributed by atoms with Gasteiger partial charge in [-0.05, 0) is 52.2 Å². The first-order chi connectivity index (χ1) is 7.98. The van der Waals surface area contributed by atoms with E-state index in [0.717, 1.165) is 23.4 Å². The third-order valence-electron chi connectivity index (χ3n) is 3.34. The number of hydrogen-bond acceptors (Lipinski definition) is 3. The second-order valence-corrected chi connectivity index (χ2v) is 6.51. The van der Waals surface area contributed by atoms with Gasteiger partial charge in [-0.3, -0.25) is 0 Å². The SMILES string of the molecule is CC1(C)CCCN(c2nc(Cl)ncc2Br)CC1. The first kappa shape index (κ1) is 13.1. The van der Waals surface area contributed by atoms with Gasteiger partial charge in [0.25, 0.3) is 0 Å². The molecule has 0 atom stereocenters. The molecule has 1 aliphatic heterocycles. The van der Waals surface area contributed by atoms with Gasteiger partial charge in [-0.25, -0.2) is 4.98 Å². The first-order valence-electron chi connectivity index (χ1n) is 5.91. The molecular formula is C12H17BrClN3. The van der Waals surface area contributed by atoms with Gasteiger partial charge in [-0.2, -0.15) is 4.98 Å². The molecule has 1 aliphatic rings. The van der Waals surface area contributed by atoms with E-state index >= 15 is 0 Å². The average molecular weight is 319 g/mol. The van der Waals surface area contributed by atoms with Crippen LogP contribution < -0.4 is 4.90 Å². The van der Waals surface area contributed by atoms with Crippen molar-refractivity contribution in [2.24, 2.45) is 5.41 Å². The van der Waals surface area contributed by atoms with Crippen LogP contribution in [0, 0.1) is 5.41 Å². The largest absolute Gasteiger partial charge is 0.356 e. The quantitative estimate of drug-likeness (QED) is 0.735. The van der Waals surface area contributed by atoms with E-state index < -0.39 is 0 Å². The summed E-state index contributed by atoms with van der Waals surface area (Å²) in [5.41, 5.74) is 0.429. The summed E-state index contributed by atoms with van der Waals surface area (Å²) in [5.74, 6) is 0.919. The molecule has 0 aromatic carbocycles. The van der Waals surface area contributed by atoms with Gasteiger partial charge in [-0.15, -0.1) is 0 Å². The van der Waals surface area contributed by atoms with Gasteiger partial charge >= 0.3 is 0 Å². The minimum atomic E-state index is 0.312. The molecule has 1 saturated heterocycles. The summed E-state index contributed by atoms with van der Waals surface area (Å²) in [6.45, 7) is 6.73. The Hall–Kier alpha value is -0.350. The molecule has 0 unspecified atom stereocenters. The van der Waals surface area contributed by atoms with Crippen molar-refractivity contribution in [1.29, 1.82) is 0 Å². The minimum Gasteiger partial charge on any atom is -0.356 e. The van der Waals surface area contributed by atoms with E-state index in [2.05, 4.69) is 44.6 Å². The zero-order valence-corrected chi connectivity index (χ0v) is 12.6. The Labute approximate surface area is 116 Å². The maximum atomic E-state index is 5.86. The summed E-state index contributed by atoms with van der Waals surface area (Å²) in [6.07, 6.45) is 5.36. The Bertz CT molecular complexity index is 409. The lowest BCUT2D eigenvalue weighted by molar-refractivity contribution is 0.325. The highest BCUT2D eigenvalue weighted by molar-refractivity contribution is 9.10. The zero-order valence-electron chi connectivity index (χ0n) is 10.2. The van der Waals surface area contributed by atoms with E-state index in [1.54, 1.807) is 6.20 Å². The van der Waals surface area contributed by atoms with Gasteiger partial charge in [0.05, 0.1) is 4.47 Å². The Balaban J connectivity index is 2.19. The summed E-state index contributed by atoms with van der Waals surface area (Å²) < 4.78 is 0.918. The van der Waals surface area contributed by atoms with Crippen molar-refractivity contribution in [3.8, 4) is 0 Å². The lowest BCUT2D eigenvalue weighted by atomic mass is 9.85. The van der Waals surface area contributed by atoms with Crippen LogP contribution in [0.5, 0.6) is 0 Å². The topological polar surface area (TPSA) is 29.0 Å². The van der Waals surface area contributed by atoms with Gasteiger partial charge in [0.1, 0.15) is 5.82 Å². The molecule has 1 fully saturated rings. The number of nitrogens with zero attached hydrogens (tertiary/aromatic N) is 3. The predicted octanol–water partition coefficient (Wildman–Crippen LogP) is 3.91. The number of aromatic nitrogens is 2. The Morgan fingerprint density at radius 3 is 2.88 bits per heavy atom. The first-order valence-corrected chi connectivity index (χ1v) is 7.08. The molecule has 1 aromatic rings. The summed E-state index contributed by atoms with van der Waals surface area (Å²) in [5, 5.41) is 0.312. The van der Waals surface area contributed by atoms with Crippen LogP contribution in [0.3, 0.4) is 0 Å². The molecular weight excluding hydrogens is 302 g/mol. The number of rotatable bonds is 1. The third kappa shape index (κ3) is 3.32. The molecule has 17 heavy (non-hydrogen) atoms. The molecule has 0 aliphatic carbocycles. The fourth-order valence-electron chi connectivity index (χ4n) is 2.19. The number of halogens is 2. The van der Waals surface area contributed by atoms with Crippen molar-refractivity contribution in [3.63, 3.8) is 0 Å². The van der Waals surface area contributed by atoms with E-state index in [0.29, 0.717) is 10.7 Å². The molecule has 1 aromatic heterocycles. The lowest BCUT2D eigenvalue weighted by Crippen LogP contribution is -2.26. The highest BCUT2D eigenvalue weighted by Crippen LogP contribution is 2.33. The maximum absolute atomic E-state index is 5.86. The van der Waals surface area contributed by atoms with Crippen LogP contribution in [0.25, 0.3) is 0 Å². The van der Waals surface area contributed by atoms with Crippen LogP contribution in [0.4, 0.5) is 5.82 Å². The van der Waals surface area contributed by atoms with E-state index in [1.165, 1.54) is 19.3 Å². The summed E-state index contributed by atoms with van der Waals surface area (Å²) in [6, 6.07) is 0. The van der Waals surface area contributed by atoms with Crippen LogP contribution in [0.15, 0.2) is 10.7 Å². The predicted molar refractivity (Wildman–Crippen MR) is 74.6 cm³/mol. The summed E-state index contributed by atoms with van der Waals surface area (Å²) >= 11 is 9.36. The third-order valence-corrected chi connectivity index (χ3v) is 4.08. The molecule has 94 valence electrons. The summed E-state index contributed by atoms with van der Waals surface area (Å²) in [7, 11) is 0. The monoisotopic (exact) mass is 317 g/mol. The van der Waals surface area contributed by atoms with Crippen LogP contribution in [-0.4, -0.2) is 23.1 Å². The average Bonchev–Trinajstić information content (AvgIpc) is 2.43. The van der Waals surface area contributed by atoms with Crippen LogP contribution in [0.2, 0.25) is 5.28 Å². The Morgan fingerprint density at radius 1 is 1.35 bits per heavy atom. The van der Waals surface area contributed by atoms with Gasteiger partial charge in [-0.1, -0.05) is 13.8 Å². The highest BCUT2D eigenvalue weighted by Gasteiger charge is 2.24. The Kier molecular flexibility index (Phi) is 3.93. The van der Waals surface area contributed by atoms with Crippen LogP contribution in [-0.2, 0) is 0 Å². The molecule has 0 radical (unpaired) electrons. The normalized spacial score (nSPS) is 20.1. The Morgan fingerprint density at radius 2 is 2.12 bits per heavy atom. The lowest BCUT2D eigenvalue weighted by Gasteiger charge is -2.24. The molecule has 0 spiro atoms. The van der Waals surface area contributed by atoms with Gasteiger partial charge < -0.3 is 4.90 Å². The van der Waals surface area contributed by atoms with E-state index in [4.69, 9.17) is 11.6 Å². The second-order valence-electron chi connectivity index (χ2n) is 5.32. The molecule has 2 heterocycles. The number of anilines is 1. The smallest absolute Gasteiger partial charge is 0.224 e.